The number of esters is 1. The number of hydrogen-bond acceptors (Lipinski definition) is 6. The molecule has 0 aliphatic rings. The monoisotopic (exact) mass is 290 g/mol. The molecule has 0 spiro atoms. The molecule has 2 aromatic rings. The lowest BCUT2D eigenvalue weighted by Crippen LogP contribution is -2.07. The predicted octanol–water partition coefficient (Wildman–Crippen LogP) is 2.61. The first-order chi connectivity index (χ1) is 9.65. The molecule has 0 saturated heterocycles. The molecule has 5 nitrogen and oxygen atoms in total. The highest BCUT2D eigenvalue weighted by molar-refractivity contribution is 7.99. The van der Waals surface area contributed by atoms with Gasteiger partial charge in [-0.15, -0.1) is 0 Å². The lowest BCUT2D eigenvalue weighted by atomic mass is 10.2. The maximum absolute atomic E-state index is 11.6. The van der Waals surface area contributed by atoms with E-state index in [2.05, 4.69) is 9.72 Å². The number of carbonyl (C=O) groups excluding carboxylic acids is 1. The molecule has 2 rings (SSSR count). The van der Waals surface area contributed by atoms with Crippen molar-refractivity contribution in [3.8, 4) is 5.75 Å². The number of methoxy groups -OCH3 is 2. The Hall–Kier alpha value is -2.21. The summed E-state index contributed by atoms with van der Waals surface area (Å²) in [6, 6.07) is 9.06. The summed E-state index contributed by atoms with van der Waals surface area (Å²) in [6.45, 7) is 0. The number of ether oxygens (including phenoxy) is 2. The van der Waals surface area contributed by atoms with E-state index in [1.165, 1.54) is 31.1 Å². The summed E-state index contributed by atoms with van der Waals surface area (Å²) in [4.78, 5) is 16.7. The number of nitrogen functional groups attached to an aromatic ring is 1. The molecular formula is C14H14N2O3S. The smallest absolute Gasteiger partial charge is 0.340 e. The van der Waals surface area contributed by atoms with Gasteiger partial charge >= 0.3 is 5.97 Å². The third kappa shape index (κ3) is 3.03. The number of benzene rings is 1. The second-order valence-corrected chi connectivity index (χ2v) is 4.91. The van der Waals surface area contributed by atoms with E-state index in [0.717, 1.165) is 10.6 Å². The Labute approximate surface area is 121 Å². The van der Waals surface area contributed by atoms with Crippen molar-refractivity contribution in [2.24, 2.45) is 0 Å². The number of nitrogens with zero attached hydrogens (tertiary/aromatic N) is 1. The van der Waals surface area contributed by atoms with Gasteiger partial charge in [0.15, 0.2) is 0 Å². The number of nitrogens with two attached hydrogens (primary N) is 1. The quantitative estimate of drug-likeness (QED) is 0.872. The molecule has 6 heteroatoms. The van der Waals surface area contributed by atoms with Crippen LogP contribution in [-0.4, -0.2) is 25.2 Å². The van der Waals surface area contributed by atoms with Crippen molar-refractivity contribution in [2.45, 2.75) is 9.92 Å². The summed E-state index contributed by atoms with van der Waals surface area (Å²) >= 11 is 1.36. The zero-order chi connectivity index (χ0) is 14.5. The highest BCUT2D eigenvalue weighted by Crippen LogP contribution is 2.33. The molecular weight excluding hydrogens is 276 g/mol. The van der Waals surface area contributed by atoms with Gasteiger partial charge in [-0.2, -0.15) is 0 Å². The molecule has 0 unspecified atom stereocenters. The van der Waals surface area contributed by atoms with Crippen molar-refractivity contribution in [2.75, 3.05) is 20.0 Å². The lowest BCUT2D eigenvalue weighted by Gasteiger charge is -2.08. The summed E-state index contributed by atoms with van der Waals surface area (Å²) < 4.78 is 9.85. The second-order valence-electron chi connectivity index (χ2n) is 3.85. The first-order valence-electron chi connectivity index (χ1n) is 5.80. The fraction of sp³-hybridized carbons (Fsp3) is 0.143. The molecule has 2 N–H and O–H groups in total. The van der Waals surface area contributed by atoms with Crippen LogP contribution in [0.5, 0.6) is 5.75 Å². The standard InChI is InChI=1S/C14H14N2O3S/c1-18-9-4-3-5-10(8-9)20-13-12(15)11(6-7-16-13)14(17)19-2/h3-8H,15H2,1-2H3. The molecule has 0 atom stereocenters. The van der Waals surface area contributed by atoms with Gasteiger partial charge in [-0.1, -0.05) is 17.8 Å². The van der Waals surface area contributed by atoms with Crippen LogP contribution in [0.3, 0.4) is 0 Å². The van der Waals surface area contributed by atoms with Crippen molar-refractivity contribution >= 4 is 23.4 Å². The normalized spacial score (nSPS) is 10.1. The van der Waals surface area contributed by atoms with E-state index >= 15 is 0 Å². The van der Waals surface area contributed by atoms with Crippen LogP contribution in [0.1, 0.15) is 10.4 Å². The molecule has 0 saturated carbocycles. The minimum absolute atomic E-state index is 0.312. The number of carbonyl (C=O) groups is 1. The van der Waals surface area contributed by atoms with Gasteiger partial charge in [0, 0.05) is 11.1 Å². The molecule has 0 radical (unpaired) electrons. The van der Waals surface area contributed by atoms with E-state index in [1.807, 2.05) is 24.3 Å². The molecule has 104 valence electrons. The zero-order valence-corrected chi connectivity index (χ0v) is 11.9. The van der Waals surface area contributed by atoms with E-state index in [9.17, 15) is 4.79 Å². The van der Waals surface area contributed by atoms with Gasteiger partial charge in [-0.25, -0.2) is 9.78 Å². The molecule has 0 aliphatic carbocycles. The van der Waals surface area contributed by atoms with Crippen molar-refractivity contribution in [3.63, 3.8) is 0 Å². The number of pyridine rings is 1. The lowest BCUT2D eigenvalue weighted by molar-refractivity contribution is 0.0601. The molecule has 1 heterocycles. The fourth-order valence-corrected chi connectivity index (χ4v) is 2.48. The van der Waals surface area contributed by atoms with Crippen LogP contribution in [0, 0.1) is 0 Å². The van der Waals surface area contributed by atoms with Crippen LogP contribution < -0.4 is 10.5 Å². The van der Waals surface area contributed by atoms with E-state index in [4.69, 9.17) is 10.5 Å². The number of anilines is 1. The fourth-order valence-electron chi connectivity index (χ4n) is 1.60. The number of rotatable bonds is 4. The minimum Gasteiger partial charge on any atom is -0.497 e. The molecule has 0 aliphatic heterocycles. The minimum atomic E-state index is -0.475. The summed E-state index contributed by atoms with van der Waals surface area (Å²) in [6.07, 6.45) is 1.53. The van der Waals surface area contributed by atoms with Crippen LogP contribution in [0.4, 0.5) is 5.69 Å². The summed E-state index contributed by atoms with van der Waals surface area (Å²) in [5, 5.41) is 0.557. The van der Waals surface area contributed by atoms with E-state index in [0.29, 0.717) is 16.3 Å². The molecule has 0 bridgehead atoms. The number of hydrogen-bond donors (Lipinski definition) is 1. The maximum Gasteiger partial charge on any atom is 0.340 e. The average molecular weight is 290 g/mol. The highest BCUT2D eigenvalue weighted by Gasteiger charge is 2.14. The van der Waals surface area contributed by atoms with Gasteiger partial charge in [0.1, 0.15) is 10.8 Å². The van der Waals surface area contributed by atoms with E-state index in [1.54, 1.807) is 7.11 Å². The predicted molar refractivity (Wildman–Crippen MR) is 77.1 cm³/mol. The van der Waals surface area contributed by atoms with Crippen LogP contribution >= 0.6 is 11.8 Å². The topological polar surface area (TPSA) is 74.4 Å². The SMILES string of the molecule is COC(=O)c1ccnc(Sc2cccc(OC)c2)c1N. The van der Waals surface area contributed by atoms with Gasteiger partial charge < -0.3 is 15.2 Å². The summed E-state index contributed by atoms with van der Waals surface area (Å²) in [7, 11) is 2.92. The van der Waals surface area contributed by atoms with E-state index < -0.39 is 5.97 Å². The van der Waals surface area contributed by atoms with Crippen LogP contribution in [0.25, 0.3) is 0 Å². The summed E-state index contributed by atoms with van der Waals surface area (Å²) in [5.41, 5.74) is 6.59. The van der Waals surface area contributed by atoms with Crippen LogP contribution in [0.2, 0.25) is 0 Å². The first-order valence-corrected chi connectivity index (χ1v) is 6.62. The van der Waals surface area contributed by atoms with Crippen molar-refractivity contribution < 1.29 is 14.3 Å². The van der Waals surface area contributed by atoms with Crippen LogP contribution in [0.15, 0.2) is 46.5 Å². The zero-order valence-electron chi connectivity index (χ0n) is 11.1. The van der Waals surface area contributed by atoms with Gasteiger partial charge in [0.2, 0.25) is 0 Å². The maximum atomic E-state index is 11.6. The molecule has 0 amide bonds. The Bertz CT molecular complexity index is 632. The number of aromatic nitrogens is 1. The molecule has 0 fully saturated rings. The highest BCUT2D eigenvalue weighted by atomic mass is 32.2. The largest absolute Gasteiger partial charge is 0.497 e. The van der Waals surface area contributed by atoms with Crippen molar-refractivity contribution in [1.29, 1.82) is 0 Å². The Morgan fingerprint density at radius 2 is 2.10 bits per heavy atom. The third-order valence-electron chi connectivity index (χ3n) is 2.61. The average Bonchev–Trinajstić information content (AvgIpc) is 2.49. The van der Waals surface area contributed by atoms with Crippen LogP contribution in [-0.2, 0) is 4.74 Å². The van der Waals surface area contributed by atoms with Gasteiger partial charge in [-0.3, -0.25) is 0 Å². The van der Waals surface area contributed by atoms with Crippen molar-refractivity contribution in [1.82, 2.24) is 4.98 Å². The van der Waals surface area contributed by atoms with Gasteiger partial charge in [-0.05, 0) is 24.3 Å². The van der Waals surface area contributed by atoms with Crippen molar-refractivity contribution in [3.05, 3.63) is 42.1 Å². The summed E-state index contributed by atoms with van der Waals surface area (Å²) in [5.74, 6) is 0.273. The van der Waals surface area contributed by atoms with E-state index in [-0.39, 0.29) is 0 Å². The van der Waals surface area contributed by atoms with Gasteiger partial charge in [0.05, 0.1) is 25.5 Å². The second kappa shape index (κ2) is 6.29. The Kier molecular flexibility index (Phi) is 4.47. The molecule has 1 aromatic heterocycles. The Morgan fingerprint density at radius 3 is 2.80 bits per heavy atom. The molecule has 1 aromatic carbocycles. The Balaban J connectivity index is 2.31. The van der Waals surface area contributed by atoms with Gasteiger partial charge in [0.25, 0.3) is 0 Å². The third-order valence-corrected chi connectivity index (χ3v) is 3.62. The Morgan fingerprint density at radius 1 is 1.30 bits per heavy atom. The molecule has 20 heavy (non-hydrogen) atoms. The first kappa shape index (κ1) is 14.2.